The Morgan fingerprint density at radius 3 is 2.40 bits per heavy atom. The van der Waals surface area contributed by atoms with Gasteiger partial charge in [-0.3, -0.25) is 0 Å². The monoisotopic (exact) mass is 207 g/mol. The number of hydrogen-bond acceptors (Lipinski definition) is 2. The van der Waals surface area contributed by atoms with Crippen molar-refractivity contribution in [3.8, 4) is 0 Å². The molecule has 0 aliphatic heterocycles. The Balaban J connectivity index is 2.58. The van der Waals surface area contributed by atoms with Gasteiger partial charge in [0.2, 0.25) is 0 Å². The standard InChI is InChI=1S/C13H21NO/c1-4-15-14-10-13(11(2)3)12-8-6-5-7-9-12/h5-9,11,13-14H,4,10H2,1-3H3. The van der Waals surface area contributed by atoms with Gasteiger partial charge in [-0.2, -0.15) is 0 Å². The summed E-state index contributed by atoms with van der Waals surface area (Å²) in [6.45, 7) is 8.05. The lowest BCUT2D eigenvalue weighted by Crippen LogP contribution is -2.25. The number of benzene rings is 1. The molecule has 1 unspecified atom stereocenters. The Labute approximate surface area is 92.6 Å². The lowest BCUT2D eigenvalue weighted by Gasteiger charge is -2.21. The second-order valence-electron chi connectivity index (χ2n) is 4.04. The predicted molar refractivity (Wildman–Crippen MR) is 63.6 cm³/mol. The van der Waals surface area contributed by atoms with Crippen molar-refractivity contribution in [2.75, 3.05) is 13.2 Å². The summed E-state index contributed by atoms with van der Waals surface area (Å²) < 4.78 is 0. The van der Waals surface area contributed by atoms with Crippen LogP contribution in [0.1, 0.15) is 32.3 Å². The van der Waals surface area contributed by atoms with Gasteiger partial charge in [-0.1, -0.05) is 44.2 Å². The molecule has 0 aromatic heterocycles. The molecular formula is C13H21NO. The van der Waals surface area contributed by atoms with Crippen LogP contribution in [0.3, 0.4) is 0 Å². The van der Waals surface area contributed by atoms with E-state index in [-0.39, 0.29) is 0 Å². The Kier molecular flexibility index (Phi) is 5.37. The van der Waals surface area contributed by atoms with Gasteiger partial charge in [0, 0.05) is 12.5 Å². The van der Waals surface area contributed by atoms with Crippen LogP contribution in [0.15, 0.2) is 30.3 Å². The Morgan fingerprint density at radius 1 is 1.20 bits per heavy atom. The van der Waals surface area contributed by atoms with Crippen molar-refractivity contribution in [2.24, 2.45) is 5.92 Å². The fourth-order valence-corrected chi connectivity index (χ4v) is 1.69. The first-order chi connectivity index (χ1) is 7.25. The van der Waals surface area contributed by atoms with Crippen LogP contribution < -0.4 is 5.48 Å². The summed E-state index contributed by atoms with van der Waals surface area (Å²) >= 11 is 0. The van der Waals surface area contributed by atoms with Crippen molar-refractivity contribution in [1.29, 1.82) is 0 Å². The van der Waals surface area contributed by atoms with Crippen LogP contribution in [-0.4, -0.2) is 13.2 Å². The van der Waals surface area contributed by atoms with Crippen LogP contribution in [0.4, 0.5) is 0 Å². The molecule has 0 heterocycles. The molecule has 0 saturated carbocycles. The van der Waals surface area contributed by atoms with Gasteiger partial charge in [0.05, 0.1) is 6.61 Å². The van der Waals surface area contributed by atoms with Crippen LogP contribution in [-0.2, 0) is 4.84 Å². The normalized spacial score (nSPS) is 13.1. The van der Waals surface area contributed by atoms with Crippen LogP contribution in [0, 0.1) is 5.92 Å². The number of rotatable bonds is 6. The molecule has 1 atom stereocenters. The quantitative estimate of drug-likeness (QED) is 0.572. The van der Waals surface area contributed by atoms with E-state index in [1.807, 2.05) is 6.92 Å². The minimum atomic E-state index is 0.512. The number of hydroxylamine groups is 1. The van der Waals surface area contributed by atoms with E-state index in [9.17, 15) is 0 Å². The van der Waals surface area contributed by atoms with Gasteiger partial charge in [0.1, 0.15) is 0 Å². The van der Waals surface area contributed by atoms with Gasteiger partial charge in [-0.05, 0) is 18.4 Å². The van der Waals surface area contributed by atoms with E-state index in [2.05, 4.69) is 49.7 Å². The third-order valence-corrected chi connectivity index (χ3v) is 2.58. The average molecular weight is 207 g/mol. The molecule has 0 saturated heterocycles. The van der Waals surface area contributed by atoms with Crippen molar-refractivity contribution in [2.45, 2.75) is 26.7 Å². The Bertz CT molecular complexity index is 258. The van der Waals surface area contributed by atoms with E-state index in [0.717, 1.165) is 6.54 Å². The van der Waals surface area contributed by atoms with E-state index in [1.54, 1.807) is 0 Å². The minimum Gasteiger partial charge on any atom is -0.302 e. The molecule has 1 N–H and O–H groups in total. The first-order valence-electron chi connectivity index (χ1n) is 5.65. The van der Waals surface area contributed by atoms with Crippen molar-refractivity contribution in [3.05, 3.63) is 35.9 Å². The summed E-state index contributed by atoms with van der Waals surface area (Å²) in [6, 6.07) is 10.6. The molecule has 1 rings (SSSR count). The molecule has 0 bridgehead atoms. The van der Waals surface area contributed by atoms with Gasteiger partial charge in [0.15, 0.2) is 0 Å². The number of nitrogens with one attached hydrogen (secondary N) is 1. The highest BCUT2D eigenvalue weighted by Crippen LogP contribution is 2.23. The van der Waals surface area contributed by atoms with Crippen molar-refractivity contribution in [3.63, 3.8) is 0 Å². The van der Waals surface area contributed by atoms with Crippen molar-refractivity contribution < 1.29 is 4.84 Å². The summed E-state index contributed by atoms with van der Waals surface area (Å²) in [5.41, 5.74) is 4.39. The molecule has 0 fully saturated rings. The molecule has 0 aliphatic rings. The first-order valence-corrected chi connectivity index (χ1v) is 5.65. The number of hydrogen-bond donors (Lipinski definition) is 1. The maximum absolute atomic E-state index is 5.19. The molecule has 2 nitrogen and oxygen atoms in total. The Hall–Kier alpha value is -0.860. The molecular weight excluding hydrogens is 186 g/mol. The maximum atomic E-state index is 5.19. The average Bonchev–Trinajstić information content (AvgIpc) is 2.25. The molecule has 0 amide bonds. The van der Waals surface area contributed by atoms with E-state index >= 15 is 0 Å². The Morgan fingerprint density at radius 2 is 1.87 bits per heavy atom. The molecule has 0 aliphatic carbocycles. The van der Waals surface area contributed by atoms with Gasteiger partial charge < -0.3 is 4.84 Å². The lowest BCUT2D eigenvalue weighted by atomic mass is 9.89. The molecule has 84 valence electrons. The highest BCUT2D eigenvalue weighted by molar-refractivity contribution is 5.20. The van der Waals surface area contributed by atoms with Gasteiger partial charge >= 0.3 is 0 Å². The summed E-state index contributed by atoms with van der Waals surface area (Å²) in [4.78, 5) is 5.19. The van der Waals surface area contributed by atoms with Crippen LogP contribution in [0.2, 0.25) is 0 Å². The third kappa shape index (κ3) is 4.02. The fraction of sp³-hybridized carbons (Fsp3) is 0.538. The predicted octanol–water partition coefficient (Wildman–Crippen LogP) is 2.97. The lowest BCUT2D eigenvalue weighted by molar-refractivity contribution is 0.0443. The van der Waals surface area contributed by atoms with Crippen molar-refractivity contribution >= 4 is 0 Å². The zero-order valence-corrected chi connectivity index (χ0v) is 9.86. The smallest absolute Gasteiger partial charge is 0.0653 e. The third-order valence-electron chi connectivity index (χ3n) is 2.58. The SMILES string of the molecule is CCONCC(c1ccccc1)C(C)C. The van der Waals surface area contributed by atoms with E-state index in [4.69, 9.17) is 4.84 Å². The second-order valence-corrected chi connectivity index (χ2v) is 4.04. The second kappa shape index (κ2) is 6.59. The molecule has 15 heavy (non-hydrogen) atoms. The summed E-state index contributed by atoms with van der Waals surface area (Å²) in [5.74, 6) is 1.12. The van der Waals surface area contributed by atoms with Crippen molar-refractivity contribution in [1.82, 2.24) is 5.48 Å². The highest BCUT2D eigenvalue weighted by Gasteiger charge is 2.14. The molecule has 0 radical (unpaired) electrons. The molecule has 0 spiro atoms. The zero-order valence-electron chi connectivity index (χ0n) is 9.86. The van der Waals surface area contributed by atoms with Crippen LogP contribution in [0.5, 0.6) is 0 Å². The van der Waals surface area contributed by atoms with E-state index in [0.29, 0.717) is 18.4 Å². The van der Waals surface area contributed by atoms with Crippen LogP contribution >= 0.6 is 0 Å². The largest absolute Gasteiger partial charge is 0.302 e. The summed E-state index contributed by atoms with van der Waals surface area (Å²) in [7, 11) is 0. The van der Waals surface area contributed by atoms with Gasteiger partial charge in [0.25, 0.3) is 0 Å². The topological polar surface area (TPSA) is 21.3 Å². The van der Waals surface area contributed by atoms with E-state index < -0.39 is 0 Å². The fourth-order valence-electron chi connectivity index (χ4n) is 1.69. The first kappa shape index (κ1) is 12.2. The zero-order chi connectivity index (χ0) is 11.1. The highest BCUT2D eigenvalue weighted by atomic mass is 16.6. The maximum Gasteiger partial charge on any atom is 0.0653 e. The summed E-state index contributed by atoms with van der Waals surface area (Å²) in [6.07, 6.45) is 0. The van der Waals surface area contributed by atoms with Crippen LogP contribution in [0.25, 0.3) is 0 Å². The van der Waals surface area contributed by atoms with E-state index in [1.165, 1.54) is 5.56 Å². The minimum absolute atomic E-state index is 0.512. The molecule has 1 aromatic carbocycles. The molecule has 2 heteroatoms. The van der Waals surface area contributed by atoms with Gasteiger partial charge in [-0.25, -0.2) is 5.48 Å². The summed E-state index contributed by atoms with van der Waals surface area (Å²) in [5, 5.41) is 0. The molecule has 1 aromatic rings. The van der Waals surface area contributed by atoms with Gasteiger partial charge in [-0.15, -0.1) is 0 Å².